The fourth-order valence-electron chi connectivity index (χ4n) is 1.97. The summed E-state index contributed by atoms with van der Waals surface area (Å²) in [4.78, 5) is -1.26. The van der Waals surface area contributed by atoms with Crippen LogP contribution in [0.5, 0.6) is 0 Å². The summed E-state index contributed by atoms with van der Waals surface area (Å²) < 4.78 is 65.2. The Labute approximate surface area is 113 Å². The molecule has 2 rings (SSSR count). The van der Waals surface area contributed by atoms with Gasteiger partial charge in [0, 0.05) is 25.2 Å². The molecule has 112 valence electrons. The molecular weight excluding hydrogens is 297 g/mol. The third kappa shape index (κ3) is 3.11. The highest BCUT2D eigenvalue weighted by Gasteiger charge is 2.34. The van der Waals surface area contributed by atoms with Crippen molar-refractivity contribution in [2.24, 2.45) is 0 Å². The second-order valence-electron chi connectivity index (χ2n) is 4.67. The molecular formula is C11H13F3N2O3S. The van der Waals surface area contributed by atoms with Crippen molar-refractivity contribution in [3.05, 3.63) is 29.6 Å². The third-order valence-corrected chi connectivity index (χ3v) is 4.50. The Morgan fingerprint density at radius 2 is 1.90 bits per heavy atom. The predicted molar refractivity (Wildman–Crippen MR) is 63.9 cm³/mol. The lowest BCUT2D eigenvalue weighted by molar-refractivity contribution is 0.0667. The number of hydrogen-bond donors (Lipinski definition) is 3. The highest BCUT2D eigenvalue weighted by molar-refractivity contribution is 7.89. The van der Waals surface area contributed by atoms with E-state index in [1.165, 1.54) is 0 Å². The molecule has 1 aliphatic rings. The Bertz CT molecular complexity index is 592. The van der Waals surface area contributed by atoms with Gasteiger partial charge in [0.1, 0.15) is 17.5 Å². The van der Waals surface area contributed by atoms with Crippen molar-refractivity contribution < 1.29 is 26.7 Å². The first-order chi connectivity index (χ1) is 9.23. The van der Waals surface area contributed by atoms with Gasteiger partial charge in [0.15, 0.2) is 4.90 Å². The maximum Gasteiger partial charge on any atom is 0.246 e. The van der Waals surface area contributed by atoms with E-state index in [2.05, 4.69) is 5.32 Å². The topological polar surface area (TPSA) is 78.4 Å². The Morgan fingerprint density at radius 1 is 1.30 bits per heavy atom. The molecule has 1 aromatic rings. The molecule has 0 bridgehead atoms. The molecule has 1 saturated heterocycles. The lowest BCUT2D eigenvalue weighted by Gasteiger charge is -2.21. The van der Waals surface area contributed by atoms with E-state index in [1.54, 1.807) is 0 Å². The first kappa shape index (κ1) is 15.2. The smallest absolute Gasteiger partial charge is 0.246 e. The quantitative estimate of drug-likeness (QED) is 0.737. The van der Waals surface area contributed by atoms with Crippen LogP contribution in [-0.2, 0) is 10.0 Å². The van der Waals surface area contributed by atoms with Gasteiger partial charge in [-0.15, -0.1) is 0 Å². The van der Waals surface area contributed by atoms with Crippen LogP contribution in [-0.4, -0.2) is 38.8 Å². The van der Waals surface area contributed by atoms with Gasteiger partial charge in [-0.05, 0) is 13.0 Å². The van der Waals surface area contributed by atoms with E-state index in [-0.39, 0.29) is 18.7 Å². The zero-order valence-corrected chi connectivity index (χ0v) is 11.1. The maximum absolute atomic E-state index is 13.4. The Kier molecular flexibility index (Phi) is 4.05. The molecule has 1 heterocycles. The van der Waals surface area contributed by atoms with Crippen molar-refractivity contribution in [2.75, 3.05) is 19.6 Å². The van der Waals surface area contributed by atoms with E-state index in [0.717, 1.165) is 0 Å². The fourth-order valence-corrected chi connectivity index (χ4v) is 3.20. The van der Waals surface area contributed by atoms with Crippen LogP contribution in [0.4, 0.5) is 13.2 Å². The molecule has 0 amide bonds. The third-order valence-electron chi connectivity index (χ3n) is 3.04. The zero-order chi connectivity index (χ0) is 15.0. The average molecular weight is 310 g/mol. The van der Waals surface area contributed by atoms with Crippen LogP contribution in [0.1, 0.15) is 6.42 Å². The van der Waals surface area contributed by atoms with Crippen LogP contribution in [0.25, 0.3) is 0 Å². The van der Waals surface area contributed by atoms with Crippen molar-refractivity contribution in [3.8, 4) is 0 Å². The number of hydrogen-bond acceptors (Lipinski definition) is 4. The van der Waals surface area contributed by atoms with Crippen LogP contribution in [0.15, 0.2) is 17.0 Å². The van der Waals surface area contributed by atoms with Crippen LogP contribution in [0.2, 0.25) is 0 Å². The summed E-state index contributed by atoms with van der Waals surface area (Å²) in [5, 5.41) is 12.8. The molecule has 3 N–H and O–H groups in total. The number of benzene rings is 1. The summed E-state index contributed by atoms with van der Waals surface area (Å²) in [5.74, 6) is -4.25. The second-order valence-corrected chi connectivity index (χ2v) is 6.38. The number of halogens is 3. The van der Waals surface area contributed by atoms with Crippen LogP contribution < -0.4 is 10.0 Å². The Hall–Kier alpha value is -1.16. The molecule has 1 unspecified atom stereocenters. The summed E-state index contributed by atoms with van der Waals surface area (Å²) in [7, 11) is -4.52. The number of rotatable bonds is 4. The molecule has 0 radical (unpaired) electrons. The number of β-amino-alcohol motifs (C(OH)–C–C–N with tert-alkyl or cyclic N) is 1. The van der Waals surface area contributed by atoms with E-state index in [4.69, 9.17) is 0 Å². The summed E-state index contributed by atoms with van der Waals surface area (Å²) in [6.07, 6.45) is 0.309. The van der Waals surface area contributed by atoms with Gasteiger partial charge >= 0.3 is 0 Å². The van der Waals surface area contributed by atoms with Crippen molar-refractivity contribution in [1.29, 1.82) is 0 Å². The van der Waals surface area contributed by atoms with Crippen LogP contribution in [0, 0.1) is 17.5 Å². The van der Waals surface area contributed by atoms with Crippen molar-refractivity contribution in [1.82, 2.24) is 10.0 Å². The lowest BCUT2D eigenvalue weighted by Crippen LogP contribution is -2.44. The van der Waals surface area contributed by atoms with Gasteiger partial charge in [-0.3, -0.25) is 0 Å². The molecule has 9 heteroatoms. The van der Waals surface area contributed by atoms with E-state index >= 15 is 0 Å². The van der Waals surface area contributed by atoms with Gasteiger partial charge in [0.25, 0.3) is 0 Å². The molecule has 1 atom stereocenters. The minimum absolute atomic E-state index is 0.171. The van der Waals surface area contributed by atoms with E-state index in [0.29, 0.717) is 13.0 Å². The molecule has 20 heavy (non-hydrogen) atoms. The molecule has 0 aliphatic carbocycles. The molecule has 0 spiro atoms. The largest absolute Gasteiger partial charge is 0.387 e. The van der Waals surface area contributed by atoms with E-state index in [9.17, 15) is 26.7 Å². The van der Waals surface area contributed by atoms with E-state index in [1.807, 2.05) is 4.72 Å². The number of sulfonamides is 1. The van der Waals surface area contributed by atoms with Crippen molar-refractivity contribution in [2.45, 2.75) is 16.9 Å². The molecule has 5 nitrogen and oxygen atoms in total. The van der Waals surface area contributed by atoms with Gasteiger partial charge in [-0.2, -0.15) is 0 Å². The van der Waals surface area contributed by atoms with Gasteiger partial charge in [0.05, 0.1) is 5.60 Å². The summed E-state index contributed by atoms with van der Waals surface area (Å²) in [5.41, 5.74) is -1.31. The minimum atomic E-state index is -4.52. The van der Waals surface area contributed by atoms with Gasteiger partial charge in [0.2, 0.25) is 10.0 Å². The Balaban J connectivity index is 2.23. The maximum atomic E-state index is 13.4. The number of aliphatic hydroxyl groups is 1. The first-order valence-corrected chi connectivity index (χ1v) is 7.29. The fraction of sp³-hybridized carbons (Fsp3) is 0.455. The monoisotopic (exact) mass is 310 g/mol. The normalized spacial score (nSPS) is 23.2. The van der Waals surface area contributed by atoms with E-state index < -0.39 is 44.5 Å². The van der Waals surface area contributed by atoms with Gasteiger partial charge in [-0.25, -0.2) is 26.3 Å². The second kappa shape index (κ2) is 5.32. The average Bonchev–Trinajstić information content (AvgIpc) is 2.73. The van der Waals surface area contributed by atoms with Crippen molar-refractivity contribution in [3.63, 3.8) is 0 Å². The molecule has 1 aliphatic heterocycles. The van der Waals surface area contributed by atoms with Gasteiger partial charge in [-0.1, -0.05) is 0 Å². The summed E-state index contributed by atoms with van der Waals surface area (Å²) in [6.45, 7) is 0.292. The lowest BCUT2D eigenvalue weighted by atomic mass is 10.1. The molecule has 0 aromatic heterocycles. The molecule has 1 fully saturated rings. The first-order valence-electron chi connectivity index (χ1n) is 5.81. The van der Waals surface area contributed by atoms with Crippen LogP contribution in [0.3, 0.4) is 0 Å². The highest BCUT2D eigenvalue weighted by atomic mass is 32.2. The van der Waals surface area contributed by atoms with Crippen molar-refractivity contribution >= 4 is 10.0 Å². The number of nitrogens with one attached hydrogen (secondary N) is 2. The minimum Gasteiger partial charge on any atom is -0.387 e. The summed E-state index contributed by atoms with van der Waals surface area (Å²) in [6, 6.07) is 0.562. The molecule has 0 saturated carbocycles. The predicted octanol–water partition coefficient (Wildman–Crippen LogP) is 0.107. The van der Waals surface area contributed by atoms with Gasteiger partial charge < -0.3 is 10.4 Å². The molecule has 1 aromatic carbocycles. The highest BCUT2D eigenvalue weighted by Crippen LogP contribution is 2.21. The zero-order valence-electron chi connectivity index (χ0n) is 10.3. The Morgan fingerprint density at radius 3 is 2.40 bits per heavy atom. The van der Waals surface area contributed by atoms with Crippen LogP contribution >= 0.6 is 0 Å². The summed E-state index contributed by atoms with van der Waals surface area (Å²) >= 11 is 0. The standard InChI is InChI=1S/C11H13F3N2O3S/c12-7-3-8(13)10(9(14)4-7)20(18,19)16-6-11(17)1-2-15-5-11/h3-4,15-17H,1-2,5-6H2. The SMILES string of the molecule is O=S(=O)(NCC1(O)CCNC1)c1c(F)cc(F)cc1F.